The molecule has 2 aromatic rings. The first-order valence-electron chi connectivity index (χ1n) is 4.51. The molecule has 17 heavy (non-hydrogen) atoms. The molecule has 87 valence electrons. The highest BCUT2D eigenvalue weighted by molar-refractivity contribution is 6.46. The summed E-state index contributed by atoms with van der Waals surface area (Å²) in [6, 6.07) is 9.45. The van der Waals surface area contributed by atoms with E-state index in [4.69, 9.17) is 58.0 Å². The SMILES string of the molecule is Clc1cc(Cl)c(-c2[c]ccc(Cl)c2Cl)c(Cl)c1. The highest BCUT2D eigenvalue weighted by Gasteiger charge is 2.14. The Morgan fingerprint density at radius 3 is 2.00 bits per heavy atom. The van der Waals surface area contributed by atoms with Crippen molar-refractivity contribution in [1.82, 2.24) is 0 Å². The highest BCUT2D eigenvalue weighted by Crippen LogP contribution is 2.41. The van der Waals surface area contributed by atoms with Gasteiger partial charge in [0.15, 0.2) is 0 Å². The monoisotopic (exact) mass is 323 g/mol. The van der Waals surface area contributed by atoms with Crippen LogP contribution in [0.1, 0.15) is 0 Å². The van der Waals surface area contributed by atoms with Gasteiger partial charge in [-0.2, -0.15) is 0 Å². The minimum Gasteiger partial charge on any atom is -0.0842 e. The van der Waals surface area contributed by atoms with E-state index in [1.807, 2.05) is 0 Å². The average Bonchev–Trinajstić information content (AvgIpc) is 2.23. The van der Waals surface area contributed by atoms with Gasteiger partial charge >= 0.3 is 0 Å². The van der Waals surface area contributed by atoms with Gasteiger partial charge in [-0.25, -0.2) is 0 Å². The molecule has 0 aromatic heterocycles. The predicted molar refractivity (Wildman–Crippen MR) is 75.8 cm³/mol. The molecule has 0 amide bonds. The average molecular weight is 325 g/mol. The topological polar surface area (TPSA) is 0 Å². The summed E-state index contributed by atoms with van der Waals surface area (Å²) in [5, 5.41) is 2.05. The maximum atomic E-state index is 6.10. The van der Waals surface area contributed by atoms with Crippen molar-refractivity contribution in [3.05, 3.63) is 55.4 Å². The van der Waals surface area contributed by atoms with Crippen molar-refractivity contribution < 1.29 is 0 Å². The van der Waals surface area contributed by atoms with Gasteiger partial charge in [0.05, 0.1) is 20.1 Å². The summed E-state index contributed by atoms with van der Waals surface area (Å²) in [5.41, 5.74) is 1.14. The summed E-state index contributed by atoms with van der Waals surface area (Å²) in [4.78, 5) is 0. The first-order chi connectivity index (χ1) is 8.00. The molecule has 1 radical (unpaired) electrons. The van der Waals surface area contributed by atoms with Gasteiger partial charge in [-0.1, -0.05) is 64.1 Å². The van der Waals surface area contributed by atoms with Crippen LogP contribution < -0.4 is 0 Å². The van der Waals surface area contributed by atoms with Gasteiger partial charge in [-0.3, -0.25) is 0 Å². The van der Waals surface area contributed by atoms with Crippen LogP contribution in [-0.2, 0) is 0 Å². The second-order valence-electron chi connectivity index (χ2n) is 3.26. The normalized spacial score (nSPS) is 10.6. The molecule has 0 heterocycles. The fourth-order valence-corrected chi connectivity index (χ4v) is 2.79. The van der Waals surface area contributed by atoms with Crippen molar-refractivity contribution >= 4 is 58.0 Å². The zero-order valence-electron chi connectivity index (χ0n) is 8.20. The van der Waals surface area contributed by atoms with Gasteiger partial charge in [0.1, 0.15) is 0 Å². The lowest BCUT2D eigenvalue weighted by atomic mass is 10.1. The largest absolute Gasteiger partial charge is 0.0842 e. The lowest BCUT2D eigenvalue weighted by Crippen LogP contribution is -1.85. The van der Waals surface area contributed by atoms with Crippen LogP contribution in [0.4, 0.5) is 0 Å². The van der Waals surface area contributed by atoms with Gasteiger partial charge in [-0.05, 0) is 24.3 Å². The first-order valence-corrected chi connectivity index (χ1v) is 6.40. The van der Waals surface area contributed by atoms with Crippen LogP contribution in [0, 0.1) is 6.07 Å². The van der Waals surface area contributed by atoms with Gasteiger partial charge in [0.2, 0.25) is 0 Å². The van der Waals surface area contributed by atoms with E-state index >= 15 is 0 Å². The van der Waals surface area contributed by atoms with Crippen molar-refractivity contribution in [2.45, 2.75) is 0 Å². The maximum absolute atomic E-state index is 6.10. The molecule has 5 heteroatoms. The molecule has 0 unspecified atom stereocenters. The molecule has 0 nitrogen and oxygen atoms in total. The minimum atomic E-state index is 0.361. The number of hydrogen-bond donors (Lipinski definition) is 0. The molecule has 0 aliphatic carbocycles. The molecule has 0 saturated carbocycles. The van der Waals surface area contributed by atoms with E-state index in [1.54, 1.807) is 24.3 Å². The van der Waals surface area contributed by atoms with E-state index in [0.29, 0.717) is 36.2 Å². The zero-order chi connectivity index (χ0) is 12.6. The van der Waals surface area contributed by atoms with E-state index in [1.165, 1.54) is 0 Å². The number of hydrogen-bond acceptors (Lipinski definition) is 0. The van der Waals surface area contributed by atoms with Crippen LogP contribution >= 0.6 is 58.0 Å². The highest BCUT2D eigenvalue weighted by atomic mass is 35.5. The predicted octanol–water partition coefficient (Wildman–Crippen LogP) is 6.42. The second-order valence-corrected chi connectivity index (χ2v) is 5.30. The molecule has 0 spiro atoms. The van der Waals surface area contributed by atoms with Crippen LogP contribution in [0.3, 0.4) is 0 Å². The summed E-state index contributed by atoms with van der Waals surface area (Å²) >= 11 is 30.1. The Labute approximate surface area is 124 Å². The second kappa shape index (κ2) is 5.26. The first kappa shape index (κ1) is 13.3. The van der Waals surface area contributed by atoms with Crippen molar-refractivity contribution in [2.24, 2.45) is 0 Å². The van der Waals surface area contributed by atoms with Crippen molar-refractivity contribution in [2.75, 3.05) is 0 Å². The number of rotatable bonds is 1. The third-order valence-corrected chi connectivity index (χ3v) is 3.76. The molecule has 0 bridgehead atoms. The Balaban J connectivity index is 2.73. The van der Waals surface area contributed by atoms with Crippen LogP contribution in [0.5, 0.6) is 0 Å². The Morgan fingerprint density at radius 2 is 1.41 bits per heavy atom. The Kier molecular flexibility index (Phi) is 4.12. The molecule has 0 atom stereocenters. The summed E-state index contributed by atoms with van der Waals surface area (Å²) in [7, 11) is 0. The van der Waals surface area contributed by atoms with Crippen LogP contribution in [0.15, 0.2) is 24.3 Å². The Bertz CT molecular complexity index is 554. The lowest BCUT2D eigenvalue weighted by Gasteiger charge is -2.10. The summed E-state index contributed by atoms with van der Waals surface area (Å²) in [6.45, 7) is 0. The fraction of sp³-hybridized carbons (Fsp3) is 0. The van der Waals surface area contributed by atoms with Gasteiger partial charge in [0, 0.05) is 16.1 Å². The molecule has 0 N–H and O–H groups in total. The number of benzene rings is 2. The molecular weight excluding hydrogens is 321 g/mol. The molecule has 0 aliphatic heterocycles. The molecule has 2 rings (SSSR count). The fourth-order valence-electron chi connectivity index (χ4n) is 1.42. The zero-order valence-corrected chi connectivity index (χ0v) is 12.0. The Morgan fingerprint density at radius 1 is 0.824 bits per heavy atom. The molecule has 0 saturated heterocycles. The standard InChI is InChI=1S/C12H4Cl5/c13-6-4-9(15)11(10(16)5-6)7-2-1-3-8(14)12(7)17/h1,3-5H. The number of halogens is 5. The molecular formula is C12H4Cl5. The minimum absolute atomic E-state index is 0.361. The van der Waals surface area contributed by atoms with E-state index in [-0.39, 0.29) is 0 Å². The third kappa shape index (κ3) is 2.67. The van der Waals surface area contributed by atoms with E-state index in [0.717, 1.165) is 0 Å². The van der Waals surface area contributed by atoms with Gasteiger partial charge in [0.25, 0.3) is 0 Å². The summed E-state index contributed by atoms with van der Waals surface area (Å²) in [6.07, 6.45) is 0. The van der Waals surface area contributed by atoms with Crippen molar-refractivity contribution in [3.8, 4) is 11.1 Å². The van der Waals surface area contributed by atoms with Crippen LogP contribution in [0.25, 0.3) is 11.1 Å². The molecule has 0 aliphatic rings. The summed E-state index contributed by atoms with van der Waals surface area (Å²) < 4.78 is 0. The van der Waals surface area contributed by atoms with Crippen LogP contribution in [0.2, 0.25) is 25.1 Å². The third-order valence-electron chi connectivity index (χ3n) is 2.14. The quantitative estimate of drug-likeness (QED) is 0.567. The van der Waals surface area contributed by atoms with Crippen LogP contribution in [-0.4, -0.2) is 0 Å². The Hall–Kier alpha value is -0.110. The van der Waals surface area contributed by atoms with Gasteiger partial charge < -0.3 is 0 Å². The lowest BCUT2D eigenvalue weighted by molar-refractivity contribution is 1.60. The maximum Gasteiger partial charge on any atom is 0.0677 e. The van der Waals surface area contributed by atoms with E-state index in [9.17, 15) is 0 Å². The van der Waals surface area contributed by atoms with Crippen molar-refractivity contribution in [3.63, 3.8) is 0 Å². The smallest absolute Gasteiger partial charge is 0.0677 e. The van der Waals surface area contributed by atoms with Crippen molar-refractivity contribution in [1.29, 1.82) is 0 Å². The summed E-state index contributed by atoms with van der Waals surface area (Å²) in [5.74, 6) is 0. The molecule has 2 aromatic carbocycles. The molecule has 0 fully saturated rings. The van der Waals surface area contributed by atoms with Gasteiger partial charge in [-0.15, -0.1) is 0 Å². The van der Waals surface area contributed by atoms with E-state index in [2.05, 4.69) is 6.07 Å². The van der Waals surface area contributed by atoms with E-state index < -0.39 is 0 Å².